The van der Waals surface area contributed by atoms with Gasteiger partial charge in [0, 0.05) is 0 Å². The number of benzene rings is 1. The third kappa shape index (κ3) is 3.35. The minimum Gasteiger partial charge on any atom is -0.388 e. The molecule has 1 heteroatoms. The monoisotopic (exact) mass is 206 g/mol. The third-order valence-corrected chi connectivity index (χ3v) is 3.26. The fraction of sp³-hybridized carbons (Fsp3) is 0.571. The van der Waals surface area contributed by atoms with Crippen molar-refractivity contribution in [1.82, 2.24) is 0 Å². The summed E-state index contributed by atoms with van der Waals surface area (Å²) >= 11 is 0. The summed E-state index contributed by atoms with van der Waals surface area (Å²) in [5, 5.41) is 10.1. The molecule has 1 nitrogen and oxygen atoms in total. The van der Waals surface area contributed by atoms with Crippen LogP contribution in [0.25, 0.3) is 0 Å². The molecule has 0 saturated carbocycles. The molecule has 1 atom stereocenters. The van der Waals surface area contributed by atoms with Gasteiger partial charge in [0.1, 0.15) is 0 Å². The lowest BCUT2D eigenvalue weighted by Gasteiger charge is -2.19. The summed E-state index contributed by atoms with van der Waals surface area (Å²) < 4.78 is 0. The van der Waals surface area contributed by atoms with E-state index in [1.165, 1.54) is 5.56 Å². The molecule has 0 fully saturated rings. The summed E-state index contributed by atoms with van der Waals surface area (Å²) in [6.45, 7) is 6.45. The van der Waals surface area contributed by atoms with Gasteiger partial charge in [0.15, 0.2) is 0 Å². The fourth-order valence-electron chi connectivity index (χ4n) is 2.03. The molecule has 0 spiro atoms. The highest BCUT2D eigenvalue weighted by Gasteiger charge is 2.14. The van der Waals surface area contributed by atoms with Gasteiger partial charge in [-0.25, -0.2) is 0 Å². The van der Waals surface area contributed by atoms with Crippen molar-refractivity contribution in [3.05, 3.63) is 35.4 Å². The number of aryl methyl sites for hydroxylation is 1. The van der Waals surface area contributed by atoms with Crippen LogP contribution in [-0.4, -0.2) is 5.11 Å². The lowest BCUT2D eigenvalue weighted by Crippen LogP contribution is -2.07. The van der Waals surface area contributed by atoms with Gasteiger partial charge in [-0.2, -0.15) is 0 Å². The molecule has 15 heavy (non-hydrogen) atoms. The van der Waals surface area contributed by atoms with E-state index in [4.69, 9.17) is 0 Å². The Morgan fingerprint density at radius 3 is 2.27 bits per heavy atom. The molecule has 0 saturated heterocycles. The Morgan fingerprint density at radius 1 is 1.13 bits per heavy atom. The van der Waals surface area contributed by atoms with Crippen LogP contribution in [0, 0.1) is 12.8 Å². The minimum atomic E-state index is -0.295. The zero-order chi connectivity index (χ0) is 11.3. The summed E-state index contributed by atoms with van der Waals surface area (Å²) in [5.74, 6) is 0.639. The number of rotatable bonds is 5. The van der Waals surface area contributed by atoms with E-state index in [-0.39, 0.29) is 6.10 Å². The van der Waals surface area contributed by atoms with Gasteiger partial charge in [0.05, 0.1) is 6.10 Å². The van der Waals surface area contributed by atoms with Crippen LogP contribution in [0.3, 0.4) is 0 Å². The van der Waals surface area contributed by atoms with Crippen molar-refractivity contribution >= 4 is 0 Å². The second-order valence-electron chi connectivity index (χ2n) is 4.29. The molecule has 1 unspecified atom stereocenters. The third-order valence-electron chi connectivity index (χ3n) is 3.26. The van der Waals surface area contributed by atoms with Crippen molar-refractivity contribution in [2.24, 2.45) is 5.92 Å². The standard InChI is InChI=1S/C14H22O/c1-4-12(5-2)10-14(15)13-9-7-6-8-11(13)3/h6-9,12,14-15H,4-5,10H2,1-3H3. The van der Waals surface area contributed by atoms with Crippen LogP contribution < -0.4 is 0 Å². The van der Waals surface area contributed by atoms with E-state index in [0.717, 1.165) is 24.8 Å². The van der Waals surface area contributed by atoms with Gasteiger partial charge >= 0.3 is 0 Å². The van der Waals surface area contributed by atoms with E-state index >= 15 is 0 Å². The highest BCUT2D eigenvalue weighted by Crippen LogP contribution is 2.26. The SMILES string of the molecule is CCC(CC)CC(O)c1ccccc1C. The van der Waals surface area contributed by atoms with Crippen molar-refractivity contribution in [3.8, 4) is 0 Å². The largest absolute Gasteiger partial charge is 0.388 e. The summed E-state index contributed by atoms with van der Waals surface area (Å²) in [4.78, 5) is 0. The van der Waals surface area contributed by atoms with Gasteiger partial charge in [0.2, 0.25) is 0 Å². The lowest BCUT2D eigenvalue weighted by atomic mass is 9.91. The van der Waals surface area contributed by atoms with Gasteiger partial charge < -0.3 is 5.11 Å². The second-order valence-corrected chi connectivity index (χ2v) is 4.29. The van der Waals surface area contributed by atoms with Crippen molar-refractivity contribution < 1.29 is 5.11 Å². The van der Waals surface area contributed by atoms with Crippen LogP contribution in [0.5, 0.6) is 0 Å². The van der Waals surface area contributed by atoms with Gasteiger partial charge in [-0.1, -0.05) is 51.0 Å². The Bertz CT molecular complexity index is 289. The van der Waals surface area contributed by atoms with Crippen molar-refractivity contribution in [3.63, 3.8) is 0 Å². The normalized spacial score (nSPS) is 13.1. The molecule has 0 aliphatic heterocycles. The predicted molar refractivity (Wildman–Crippen MR) is 64.8 cm³/mol. The molecule has 0 aliphatic rings. The molecule has 0 radical (unpaired) electrons. The summed E-state index contributed by atoms with van der Waals surface area (Å²) in [6.07, 6.45) is 2.90. The molecule has 0 bridgehead atoms. The zero-order valence-corrected chi connectivity index (χ0v) is 10.0. The first-order valence-corrected chi connectivity index (χ1v) is 5.92. The summed E-state index contributed by atoms with van der Waals surface area (Å²) in [7, 11) is 0. The Balaban J connectivity index is 2.68. The van der Waals surface area contributed by atoms with E-state index in [9.17, 15) is 5.11 Å². The number of aliphatic hydroxyl groups excluding tert-OH is 1. The van der Waals surface area contributed by atoms with E-state index in [0.29, 0.717) is 5.92 Å². The maximum atomic E-state index is 10.1. The molecule has 0 aromatic heterocycles. The quantitative estimate of drug-likeness (QED) is 0.775. The summed E-state index contributed by atoms with van der Waals surface area (Å²) in [5.41, 5.74) is 2.28. The fourth-order valence-corrected chi connectivity index (χ4v) is 2.03. The molecule has 1 aromatic carbocycles. The number of aliphatic hydroxyl groups is 1. The predicted octanol–water partition coefficient (Wildman–Crippen LogP) is 3.85. The first-order chi connectivity index (χ1) is 7.19. The Hall–Kier alpha value is -0.820. The van der Waals surface area contributed by atoms with E-state index in [1.54, 1.807) is 0 Å². The Kier molecular flexibility index (Phi) is 4.83. The number of hydrogen-bond donors (Lipinski definition) is 1. The smallest absolute Gasteiger partial charge is 0.0795 e. The first-order valence-electron chi connectivity index (χ1n) is 5.92. The van der Waals surface area contributed by atoms with E-state index in [1.807, 2.05) is 18.2 Å². The van der Waals surface area contributed by atoms with Crippen molar-refractivity contribution in [2.75, 3.05) is 0 Å². The van der Waals surface area contributed by atoms with E-state index < -0.39 is 0 Å². The molecule has 1 N–H and O–H groups in total. The molecule has 1 rings (SSSR count). The zero-order valence-electron chi connectivity index (χ0n) is 10.0. The lowest BCUT2D eigenvalue weighted by molar-refractivity contribution is 0.140. The second kappa shape index (κ2) is 5.92. The van der Waals surface area contributed by atoms with E-state index in [2.05, 4.69) is 26.8 Å². The molecule has 0 amide bonds. The average molecular weight is 206 g/mol. The maximum absolute atomic E-state index is 10.1. The summed E-state index contributed by atoms with van der Waals surface area (Å²) in [6, 6.07) is 8.11. The van der Waals surface area contributed by atoms with Gasteiger partial charge in [-0.15, -0.1) is 0 Å². The van der Waals surface area contributed by atoms with Crippen LogP contribution >= 0.6 is 0 Å². The molecule has 0 heterocycles. The van der Waals surface area contributed by atoms with Crippen LogP contribution in [0.1, 0.15) is 50.3 Å². The highest BCUT2D eigenvalue weighted by molar-refractivity contribution is 5.27. The minimum absolute atomic E-state index is 0.295. The molecule has 84 valence electrons. The Labute approximate surface area is 93.1 Å². The van der Waals surface area contributed by atoms with Crippen molar-refractivity contribution in [1.29, 1.82) is 0 Å². The average Bonchev–Trinajstić information content (AvgIpc) is 2.26. The van der Waals surface area contributed by atoms with Crippen LogP contribution in [0.15, 0.2) is 24.3 Å². The number of hydrogen-bond acceptors (Lipinski definition) is 1. The molecular weight excluding hydrogens is 184 g/mol. The van der Waals surface area contributed by atoms with Crippen LogP contribution in [0.4, 0.5) is 0 Å². The maximum Gasteiger partial charge on any atom is 0.0795 e. The van der Waals surface area contributed by atoms with Crippen LogP contribution in [-0.2, 0) is 0 Å². The van der Waals surface area contributed by atoms with Gasteiger partial charge in [-0.05, 0) is 30.4 Å². The topological polar surface area (TPSA) is 20.2 Å². The van der Waals surface area contributed by atoms with Crippen molar-refractivity contribution in [2.45, 2.75) is 46.1 Å². The molecule has 0 aliphatic carbocycles. The Morgan fingerprint density at radius 2 is 1.73 bits per heavy atom. The van der Waals surface area contributed by atoms with Gasteiger partial charge in [-0.3, -0.25) is 0 Å². The highest BCUT2D eigenvalue weighted by atomic mass is 16.3. The van der Waals surface area contributed by atoms with Gasteiger partial charge in [0.25, 0.3) is 0 Å². The molecular formula is C14H22O. The molecule has 1 aromatic rings. The first kappa shape index (κ1) is 12.3. The van der Waals surface area contributed by atoms with Crippen LogP contribution in [0.2, 0.25) is 0 Å².